The third-order valence-electron chi connectivity index (χ3n) is 2.47. The summed E-state index contributed by atoms with van der Waals surface area (Å²) in [7, 11) is 0. The number of hydrogen-bond acceptors (Lipinski definition) is 4. The molecule has 0 aliphatic carbocycles. The van der Waals surface area contributed by atoms with Crippen molar-refractivity contribution in [3.8, 4) is 0 Å². The first-order chi connectivity index (χ1) is 6.38. The van der Waals surface area contributed by atoms with Gasteiger partial charge in [-0.2, -0.15) is 0 Å². The van der Waals surface area contributed by atoms with Crippen LogP contribution in [0.25, 0.3) is 0 Å². The Morgan fingerprint density at radius 3 is 2.77 bits per heavy atom. The van der Waals surface area contributed by atoms with Gasteiger partial charge in [-0.3, -0.25) is 15.0 Å². The normalized spacial score (nSPS) is 31.4. The Hall–Kier alpha value is -0.650. The summed E-state index contributed by atoms with van der Waals surface area (Å²) >= 11 is 0. The molecule has 13 heavy (non-hydrogen) atoms. The number of nitrogens with zero attached hydrogens (tertiary/aromatic N) is 2. The zero-order valence-electron chi connectivity index (χ0n) is 7.62. The second kappa shape index (κ2) is 4.04. The minimum Gasteiger partial charge on any atom is -0.314 e. The highest BCUT2D eigenvalue weighted by Gasteiger charge is 2.29. The molecule has 1 atom stereocenters. The van der Waals surface area contributed by atoms with E-state index in [0.717, 1.165) is 32.7 Å². The number of carbonyl (C=O) groups excluding carboxylic acids is 1. The van der Waals surface area contributed by atoms with Crippen LogP contribution in [0.5, 0.6) is 0 Å². The number of amides is 1. The Balaban J connectivity index is 1.92. The second-order valence-electron chi connectivity index (χ2n) is 3.36. The maximum Gasteiger partial charge on any atom is 0.273 e. The molecular formula is C8H15N4O. The highest BCUT2D eigenvalue weighted by molar-refractivity contribution is 5.81. The summed E-state index contributed by atoms with van der Waals surface area (Å²) in [4.78, 5) is 13.6. The SMILES string of the molecule is O=C1[N]CCNC1N1CCNCC1. The van der Waals surface area contributed by atoms with E-state index in [1.807, 2.05) is 0 Å². The molecule has 0 saturated carbocycles. The molecule has 0 aromatic rings. The van der Waals surface area contributed by atoms with Crippen LogP contribution in [0.15, 0.2) is 0 Å². The average Bonchev–Trinajstić information content (AvgIpc) is 2.20. The molecule has 1 unspecified atom stereocenters. The summed E-state index contributed by atoms with van der Waals surface area (Å²) in [5.74, 6) is -0.00634. The Morgan fingerprint density at radius 2 is 2.08 bits per heavy atom. The van der Waals surface area contributed by atoms with Crippen LogP contribution in [0, 0.1) is 0 Å². The Bertz CT molecular complexity index is 191. The third kappa shape index (κ3) is 1.99. The van der Waals surface area contributed by atoms with Crippen LogP contribution < -0.4 is 16.0 Å². The van der Waals surface area contributed by atoms with Crippen LogP contribution >= 0.6 is 0 Å². The van der Waals surface area contributed by atoms with Gasteiger partial charge in [0.25, 0.3) is 5.91 Å². The van der Waals surface area contributed by atoms with E-state index in [1.54, 1.807) is 0 Å². The molecule has 2 heterocycles. The molecule has 1 amide bonds. The van der Waals surface area contributed by atoms with E-state index in [1.165, 1.54) is 0 Å². The van der Waals surface area contributed by atoms with Crippen molar-refractivity contribution < 1.29 is 4.79 Å². The quantitative estimate of drug-likeness (QED) is 0.491. The Kier molecular flexibility index (Phi) is 2.77. The average molecular weight is 183 g/mol. The molecule has 2 aliphatic heterocycles. The number of hydrogen-bond donors (Lipinski definition) is 2. The lowest BCUT2D eigenvalue weighted by atomic mass is 10.2. The van der Waals surface area contributed by atoms with Crippen molar-refractivity contribution in [2.24, 2.45) is 0 Å². The first-order valence-corrected chi connectivity index (χ1v) is 4.77. The van der Waals surface area contributed by atoms with E-state index in [4.69, 9.17) is 0 Å². The second-order valence-corrected chi connectivity index (χ2v) is 3.36. The van der Waals surface area contributed by atoms with Crippen molar-refractivity contribution >= 4 is 5.91 Å². The van der Waals surface area contributed by atoms with Crippen LogP contribution in [0.1, 0.15) is 0 Å². The molecule has 73 valence electrons. The summed E-state index contributed by atoms with van der Waals surface area (Å²) in [6, 6.07) is 0. The van der Waals surface area contributed by atoms with E-state index >= 15 is 0 Å². The van der Waals surface area contributed by atoms with Gasteiger partial charge in [0.2, 0.25) is 0 Å². The minimum absolute atomic E-state index is 0.00634. The monoisotopic (exact) mass is 183 g/mol. The van der Waals surface area contributed by atoms with E-state index < -0.39 is 0 Å². The maximum atomic E-state index is 11.4. The molecule has 5 nitrogen and oxygen atoms in total. The van der Waals surface area contributed by atoms with E-state index in [0.29, 0.717) is 6.54 Å². The van der Waals surface area contributed by atoms with Crippen LogP contribution in [-0.4, -0.2) is 56.2 Å². The maximum absolute atomic E-state index is 11.4. The van der Waals surface area contributed by atoms with Crippen molar-refractivity contribution in [2.75, 3.05) is 39.3 Å². The predicted molar refractivity (Wildman–Crippen MR) is 48.2 cm³/mol. The largest absolute Gasteiger partial charge is 0.314 e. The fourth-order valence-corrected chi connectivity index (χ4v) is 1.77. The van der Waals surface area contributed by atoms with Gasteiger partial charge in [0, 0.05) is 32.7 Å². The highest BCUT2D eigenvalue weighted by atomic mass is 16.2. The van der Waals surface area contributed by atoms with Gasteiger partial charge in [0.05, 0.1) is 6.54 Å². The molecule has 2 aliphatic rings. The molecule has 5 heteroatoms. The molecule has 0 aromatic carbocycles. The van der Waals surface area contributed by atoms with Gasteiger partial charge in [-0.15, -0.1) is 0 Å². The number of piperazine rings is 2. The van der Waals surface area contributed by atoms with Crippen molar-refractivity contribution in [2.45, 2.75) is 6.17 Å². The summed E-state index contributed by atoms with van der Waals surface area (Å²) in [6.07, 6.45) is -0.157. The molecule has 0 aromatic heterocycles. The summed E-state index contributed by atoms with van der Waals surface area (Å²) in [6.45, 7) is 5.23. The smallest absolute Gasteiger partial charge is 0.273 e. The van der Waals surface area contributed by atoms with Crippen molar-refractivity contribution in [1.29, 1.82) is 0 Å². The summed E-state index contributed by atoms with van der Waals surface area (Å²) < 4.78 is 0. The minimum atomic E-state index is -0.157. The van der Waals surface area contributed by atoms with Gasteiger partial charge >= 0.3 is 0 Å². The zero-order valence-corrected chi connectivity index (χ0v) is 7.62. The number of rotatable bonds is 1. The molecule has 0 bridgehead atoms. The van der Waals surface area contributed by atoms with Gasteiger partial charge in [0.1, 0.15) is 6.17 Å². The van der Waals surface area contributed by atoms with E-state index in [-0.39, 0.29) is 12.1 Å². The first-order valence-electron chi connectivity index (χ1n) is 4.77. The van der Waals surface area contributed by atoms with Crippen molar-refractivity contribution in [3.63, 3.8) is 0 Å². The topological polar surface area (TPSA) is 58.5 Å². The number of carbonyl (C=O) groups is 1. The molecule has 2 saturated heterocycles. The highest BCUT2D eigenvalue weighted by Crippen LogP contribution is 2.01. The van der Waals surface area contributed by atoms with E-state index in [9.17, 15) is 4.79 Å². The van der Waals surface area contributed by atoms with Gasteiger partial charge in [0.15, 0.2) is 0 Å². The van der Waals surface area contributed by atoms with Gasteiger partial charge in [-0.05, 0) is 0 Å². The number of nitrogens with one attached hydrogen (secondary N) is 2. The standard InChI is InChI=1S/C8H15N4O/c13-8-7(10-1-2-11-8)12-5-3-9-4-6-12/h7,9-10H,1-6H2. The summed E-state index contributed by atoms with van der Waals surface area (Å²) in [5, 5.41) is 10.4. The predicted octanol–water partition coefficient (Wildman–Crippen LogP) is -2.05. The fraction of sp³-hybridized carbons (Fsp3) is 0.875. The lowest BCUT2D eigenvalue weighted by Gasteiger charge is -2.35. The third-order valence-corrected chi connectivity index (χ3v) is 2.47. The van der Waals surface area contributed by atoms with Gasteiger partial charge in [-0.25, -0.2) is 5.32 Å². The van der Waals surface area contributed by atoms with Crippen LogP contribution in [0.3, 0.4) is 0 Å². The first kappa shape index (κ1) is 8.93. The molecular weight excluding hydrogens is 168 g/mol. The van der Waals surface area contributed by atoms with Gasteiger partial charge in [-0.1, -0.05) is 0 Å². The van der Waals surface area contributed by atoms with Crippen LogP contribution in [-0.2, 0) is 4.79 Å². The van der Waals surface area contributed by atoms with Crippen molar-refractivity contribution in [1.82, 2.24) is 20.9 Å². The zero-order chi connectivity index (χ0) is 9.10. The van der Waals surface area contributed by atoms with E-state index in [2.05, 4.69) is 20.9 Å². The lowest BCUT2D eigenvalue weighted by Crippen LogP contribution is -2.62. The summed E-state index contributed by atoms with van der Waals surface area (Å²) in [5.41, 5.74) is 0. The molecule has 2 N–H and O–H groups in total. The molecule has 0 spiro atoms. The lowest BCUT2D eigenvalue weighted by molar-refractivity contribution is -0.129. The van der Waals surface area contributed by atoms with Crippen LogP contribution in [0.2, 0.25) is 0 Å². The molecule has 2 fully saturated rings. The Labute approximate surface area is 77.9 Å². The fourth-order valence-electron chi connectivity index (χ4n) is 1.77. The van der Waals surface area contributed by atoms with Gasteiger partial charge < -0.3 is 5.32 Å². The Morgan fingerprint density at radius 1 is 1.31 bits per heavy atom. The van der Waals surface area contributed by atoms with Crippen LogP contribution in [0.4, 0.5) is 0 Å². The van der Waals surface area contributed by atoms with Crippen molar-refractivity contribution in [3.05, 3.63) is 0 Å². The molecule has 2 rings (SSSR count). The molecule has 1 radical (unpaired) electrons.